The van der Waals surface area contributed by atoms with Crippen LogP contribution in [0, 0.1) is 0 Å². The third-order valence-corrected chi connectivity index (χ3v) is 4.97. The van der Waals surface area contributed by atoms with Gasteiger partial charge in [0.2, 0.25) is 0 Å². The summed E-state index contributed by atoms with van der Waals surface area (Å²) in [5.74, 6) is 1.47. The van der Waals surface area contributed by atoms with Gasteiger partial charge < -0.3 is 19.5 Å². The summed E-state index contributed by atoms with van der Waals surface area (Å²) in [5, 5.41) is 4.17. The minimum Gasteiger partial charge on any atom is -0.490 e. The highest BCUT2D eigenvalue weighted by atomic mass is 79.9. The summed E-state index contributed by atoms with van der Waals surface area (Å²) < 4.78 is 18.3. The van der Waals surface area contributed by atoms with Crippen molar-refractivity contribution in [2.75, 3.05) is 19.8 Å². The van der Waals surface area contributed by atoms with E-state index < -0.39 is 0 Å². The fourth-order valence-corrected chi connectivity index (χ4v) is 3.16. The number of halogens is 2. The molecule has 0 saturated carbocycles. The monoisotopic (exact) mass is 469 g/mol. The van der Waals surface area contributed by atoms with Crippen molar-refractivity contribution >= 4 is 27.5 Å². The van der Waals surface area contributed by atoms with E-state index in [4.69, 9.17) is 25.8 Å². The molecule has 1 N–H and O–H groups in total. The van der Waals surface area contributed by atoms with E-state index in [0.29, 0.717) is 18.2 Å². The summed E-state index contributed by atoms with van der Waals surface area (Å²) >= 11 is 9.59. The van der Waals surface area contributed by atoms with E-state index in [-0.39, 0.29) is 6.10 Å². The Labute approximate surface area is 181 Å². The Morgan fingerprint density at radius 1 is 1.07 bits per heavy atom. The molecule has 0 unspecified atom stereocenters. The van der Waals surface area contributed by atoms with E-state index in [2.05, 4.69) is 35.1 Å². The number of benzene rings is 2. The van der Waals surface area contributed by atoms with Gasteiger partial charge in [0.1, 0.15) is 6.61 Å². The van der Waals surface area contributed by atoms with Gasteiger partial charge in [-0.1, -0.05) is 39.7 Å². The maximum absolute atomic E-state index is 6.00. The Balaban J connectivity index is 1.94. The van der Waals surface area contributed by atoms with E-state index in [1.807, 2.05) is 43.3 Å². The Morgan fingerprint density at radius 3 is 2.46 bits per heavy atom. The third kappa shape index (κ3) is 8.00. The van der Waals surface area contributed by atoms with Gasteiger partial charge in [0, 0.05) is 22.6 Å². The standard InChI is InChI=1S/C22H29BrClNO3/c1-4-26-21-12-18(14-25-10-5-11-27-16(2)3)20(23)13-22(21)28-15-17-6-8-19(24)9-7-17/h6-9,12-13,16,25H,4-5,10-11,14-15H2,1-3H3. The zero-order valence-corrected chi connectivity index (χ0v) is 19.1. The van der Waals surface area contributed by atoms with Crippen molar-refractivity contribution in [1.82, 2.24) is 5.32 Å². The van der Waals surface area contributed by atoms with Crippen LogP contribution in [0.25, 0.3) is 0 Å². The lowest BCUT2D eigenvalue weighted by molar-refractivity contribution is 0.0770. The van der Waals surface area contributed by atoms with E-state index in [1.165, 1.54) is 0 Å². The lowest BCUT2D eigenvalue weighted by Gasteiger charge is -2.16. The molecule has 0 amide bonds. The predicted molar refractivity (Wildman–Crippen MR) is 119 cm³/mol. The highest BCUT2D eigenvalue weighted by molar-refractivity contribution is 9.10. The molecule has 0 aliphatic heterocycles. The number of ether oxygens (including phenoxy) is 3. The van der Waals surface area contributed by atoms with Crippen molar-refractivity contribution in [3.63, 3.8) is 0 Å². The molecule has 0 bridgehead atoms. The number of hydrogen-bond acceptors (Lipinski definition) is 4. The van der Waals surface area contributed by atoms with Gasteiger partial charge in [0.25, 0.3) is 0 Å². The molecule has 0 aliphatic rings. The highest BCUT2D eigenvalue weighted by Crippen LogP contribution is 2.34. The minimum atomic E-state index is 0.281. The molecule has 28 heavy (non-hydrogen) atoms. The first-order valence-electron chi connectivity index (χ1n) is 9.64. The van der Waals surface area contributed by atoms with Crippen LogP contribution in [0.15, 0.2) is 40.9 Å². The first kappa shape index (κ1) is 23.0. The first-order chi connectivity index (χ1) is 13.5. The molecule has 0 spiro atoms. The quantitative estimate of drug-likeness (QED) is 0.387. The SMILES string of the molecule is CCOc1cc(CNCCCOC(C)C)c(Br)cc1OCc1ccc(Cl)cc1. The van der Waals surface area contributed by atoms with Gasteiger partial charge in [-0.2, -0.15) is 0 Å². The molecule has 0 fully saturated rings. The number of hydrogen-bond donors (Lipinski definition) is 1. The normalized spacial score (nSPS) is 11.1. The number of nitrogens with one attached hydrogen (secondary N) is 1. The van der Waals surface area contributed by atoms with Crippen LogP contribution in [0.1, 0.15) is 38.3 Å². The Bertz CT molecular complexity index is 722. The van der Waals surface area contributed by atoms with Gasteiger partial charge in [-0.05, 0) is 69.1 Å². The molecular formula is C22H29BrClNO3. The molecule has 0 atom stereocenters. The van der Waals surface area contributed by atoms with Crippen LogP contribution < -0.4 is 14.8 Å². The van der Waals surface area contributed by atoms with Crippen LogP contribution in [0.4, 0.5) is 0 Å². The van der Waals surface area contributed by atoms with E-state index in [1.54, 1.807) is 0 Å². The average Bonchev–Trinajstić information content (AvgIpc) is 2.66. The molecule has 6 heteroatoms. The predicted octanol–water partition coefficient (Wildman–Crippen LogP) is 5.98. The number of rotatable bonds is 12. The zero-order chi connectivity index (χ0) is 20.4. The maximum Gasteiger partial charge on any atom is 0.162 e. The van der Waals surface area contributed by atoms with Crippen molar-refractivity contribution in [1.29, 1.82) is 0 Å². The Morgan fingerprint density at radius 2 is 1.79 bits per heavy atom. The largest absolute Gasteiger partial charge is 0.490 e. The second-order valence-electron chi connectivity index (χ2n) is 6.69. The van der Waals surface area contributed by atoms with Crippen molar-refractivity contribution in [2.45, 2.75) is 46.4 Å². The minimum absolute atomic E-state index is 0.281. The Hall–Kier alpha value is -1.27. The van der Waals surface area contributed by atoms with Gasteiger partial charge >= 0.3 is 0 Å². The molecule has 0 radical (unpaired) electrons. The summed E-state index contributed by atoms with van der Waals surface area (Å²) in [4.78, 5) is 0. The fraction of sp³-hybridized carbons (Fsp3) is 0.455. The fourth-order valence-electron chi connectivity index (χ4n) is 2.57. The third-order valence-electron chi connectivity index (χ3n) is 3.98. The van der Waals surface area contributed by atoms with E-state index >= 15 is 0 Å². The van der Waals surface area contributed by atoms with E-state index in [0.717, 1.165) is 53.2 Å². The van der Waals surface area contributed by atoms with Crippen molar-refractivity contribution in [3.8, 4) is 11.5 Å². The van der Waals surface area contributed by atoms with Crippen molar-refractivity contribution < 1.29 is 14.2 Å². The summed E-state index contributed by atoms with van der Waals surface area (Å²) in [5.41, 5.74) is 2.18. The van der Waals surface area contributed by atoms with Gasteiger partial charge in [-0.25, -0.2) is 0 Å². The molecule has 0 saturated heterocycles. The van der Waals surface area contributed by atoms with Gasteiger partial charge in [0.05, 0.1) is 12.7 Å². The van der Waals surface area contributed by atoms with Crippen LogP contribution in [0.3, 0.4) is 0 Å². The van der Waals surface area contributed by atoms with Crippen molar-refractivity contribution in [2.24, 2.45) is 0 Å². The van der Waals surface area contributed by atoms with Crippen LogP contribution in [0.2, 0.25) is 5.02 Å². The maximum atomic E-state index is 6.00. The molecule has 0 heterocycles. The molecular weight excluding hydrogens is 442 g/mol. The van der Waals surface area contributed by atoms with Crippen LogP contribution in [-0.4, -0.2) is 25.9 Å². The van der Waals surface area contributed by atoms with Crippen LogP contribution in [-0.2, 0) is 17.9 Å². The van der Waals surface area contributed by atoms with Gasteiger partial charge in [-0.3, -0.25) is 0 Å². The van der Waals surface area contributed by atoms with Gasteiger partial charge in [-0.15, -0.1) is 0 Å². The molecule has 2 aromatic carbocycles. The summed E-state index contributed by atoms with van der Waals surface area (Å²) in [6.07, 6.45) is 1.26. The second-order valence-corrected chi connectivity index (χ2v) is 7.98. The molecule has 2 aromatic rings. The molecule has 0 aromatic heterocycles. The van der Waals surface area contributed by atoms with Crippen LogP contribution >= 0.6 is 27.5 Å². The summed E-state index contributed by atoms with van der Waals surface area (Å²) in [6, 6.07) is 11.6. The molecule has 4 nitrogen and oxygen atoms in total. The molecule has 2 rings (SSSR count). The summed E-state index contributed by atoms with van der Waals surface area (Å²) in [6.45, 7) is 9.53. The molecule has 0 aliphatic carbocycles. The highest BCUT2D eigenvalue weighted by Gasteiger charge is 2.11. The lowest BCUT2D eigenvalue weighted by atomic mass is 10.2. The van der Waals surface area contributed by atoms with Gasteiger partial charge in [0.15, 0.2) is 11.5 Å². The zero-order valence-electron chi connectivity index (χ0n) is 16.8. The lowest BCUT2D eigenvalue weighted by Crippen LogP contribution is -2.17. The molecule has 154 valence electrons. The van der Waals surface area contributed by atoms with E-state index in [9.17, 15) is 0 Å². The van der Waals surface area contributed by atoms with Crippen molar-refractivity contribution in [3.05, 3.63) is 57.0 Å². The smallest absolute Gasteiger partial charge is 0.162 e. The summed E-state index contributed by atoms with van der Waals surface area (Å²) in [7, 11) is 0. The average molecular weight is 471 g/mol. The first-order valence-corrected chi connectivity index (χ1v) is 10.8. The Kier molecular flexibility index (Phi) is 10.1. The van der Waals surface area contributed by atoms with Crippen LogP contribution in [0.5, 0.6) is 11.5 Å². The second kappa shape index (κ2) is 12.3. The topological polar surface area (TPSA) is 39.7 Å².